The van der Waals surface area contributed by atoms with Crippen LogP contribution in [0.2, 0.25) is 0 Å². The molecule has 0 heterocycles. The summed E-state index contributed by atoms with van der Waals surface area (Å²) in [7, 11) is 0. The van der Waals surface area contributed by atoms with Crippen LogP contribution in [0.3, 0.4) is 0 Å². The highest BCUT2D eigenvalue weighted by molar-refractivity contribution is 9.10. The van der Waals surface area contributed by atoms with Crippen LogP contribution in [0.25, 0.3) is 0 Å². The maximum Gasteiger partial charge on any atom is 0.137 e. The molecule has 0 bridgehead atoms. The van der Waals surface area contributed by atoms with Crippen molar-refractivity contribution >= 4 is 15.9 Å². The Hall–Kier alpha value is -1.26. The van der Waals surface area contributed by atoms with Crippen LogP contribution in [-0.4, -0.2) is 0 Å². The van der Waals surface area contributed by atoms with Crippen molar-refractivity contribution in [1.29, 1.82) is 0 Å². The molecule has 100 valence electrons. The van der Waals surface area contributed by atoms with Crippen molar-refractivity contribution in [3.63, 3.8) is 0 Å². The van der Waals surface area contributed by atoms with Gasteiger partial charge in [0.2, 0.25) is 0 Å². The zero-order valence-electron chi connectivity index (χ0n) is 10.5. The van der Waals surface area contributed by atoms with E-state index in [1.54, 1.807) is 18.2 Å². The molecule has 0 aliphatic carbocycles. The van der Waals surface area contributed by atoms with Gasteiger partial charge in [-0.2, -0.15) is 0 Å². The molecule has 0 saturated carbocycles. The molecule has 0 saturated heterocycles. The van der Waals surface area contributed by atoms with Gasteiger partial charge in [-0.25, -0.2) is 8.78 Å². The average Bonchev–Trinajstić information content (AvgIpc) is 2.35. The third-order valence-electron chi connectivity index (χ3n) is 3.09. The second-order valence-electron chi connectivity index (χ2n) is 4.81. The van der Waals surface area contributed by atoms with Crippen molar-refractivity contribution in [2.75, 3.05) is 0 Å². The first-order valence-electron chi connectivity index (χ1n) is 5.88. The second kappa shape index (κ2) is 5.39. The Bertz CT molecular complexity index is 579. The van der Waals surface area contributed by atoms with Gasteiger partial charge in [0.05, 0.1) is 4.47 Å². The normalized spacial score (nSPS) is 14.2. The molecule has 2 aromatic rings. The summed E-state index contributed by atoms with van der Waals surface area (Å²) in [5.41, 5.74) is 7.18. The van der Waals surface area contributed by atoms with E-state index in [0.29, 0.717) is 10.9 Å². The van der Waals surface area contributed by atoms with E-state index in [0.717, 1.165) is 11.1 Å². The monoisotopic (exact) mass is 325 g/mol. The number of hydrogen-bond donors (Lipinski definition) is 1. The highest BCUT2D eigenvalue weighted by Crippen LogP contribution is 2.28. The van der Waals surface area contributed by atoms with Crippen LogP contribution in [0.5, 0.6) is 0 Å². The summed E-state index contributed by atoms with van der Waals surface area (Å²) in [6.07, 6.45) is 0.455. The predicted molar refractivity (Wildman–Crippen MR) is 75.7 cm³/mol. The van der Waals surface area contributed by atoms with Crippen LogP contribution in [0.1, 0.15) is 18.1 Å². The van der Waals surface area contributed by atoms with Gasteiger partial charge in [0.15, 0.2) is 0 Å². The zero-order valence-corrected chi connectivity index (χ0v) is 12.0. The highest BCUT2D eigenvalue weighted by atomic mass is 79.9. The molecule has 2 rings (SSSR count). The van der Waals surface area contributed by atoms with Gasteiger partial charge in [0, 0.05) is 5.54 Å². The molecule has 0 spiro atoms. The lowest BCUT2D eigenvalue weighted by molar-refractivity contribution is 0.486. The van der Waals surface area contributed by atoms with E-state index in [1.165, 1.54) is 18.2 Å². The van der Waals surface area contributed by atoms with Gasteiger partial charge in [-0.1, -0.05) is 24.3 Å². The van der Waals surface area contributed by atoms with E-state index in [2.05, 4.69) is 15.9 Å². The first-order valence-corrected chi connectivity index (χ1v) is 6.67. The maximum atomic E-state index is 13.5. The molecule has 0 fully saturated rings. The van der Waals surface area contributed by atoms with E-state index >= 15 is 0 Å². The van der Waals surface area contributed by atoms with Crippen molar-refractivity contribution in [3.8, 4) is 0 Å². The minimum Gasteiger partial charge on any atom is -0.321 e. The van der Waals surface area contributed by atoms with Crippen LogP contribution < -0.4 is 5.73 Å². The number of rotatable bonds is 3. The lowest BCUT2D eigenvalue weighted by Crippen LogP contribution is -2.35. The first kappa shape index (κ1) is 14.2. The Morgan fingerprint density at radius 3 is 2.37 bits per heavy atom. The quantitative estimate of drug-likeness (QED) is 0.901. The molecule has 2 aromatic carbocycles. The van der Waals surface area contributed by atoms with Crippen LogP contribution in [0.4, 0.5) is 8.78 Å². The van der Waals surface area contributed by atoms with Gasteiger partial charge >= 0.3 is 0 Å². The largest absolute Gasteiger partial charge is 0.321 e. The smallest absolute Gasteiger partial charge is 0.137 e. The molecule has 1 unspecified atom stereocenters. The Balaban J connectivity index is 2.30. The maximum absolute atomic E-state index is 13.5. The number of hydrogen-bond acceptors (Lipinski definition) is 1. The van der Waals surface area contributed by atoms with Gasteiger partial charge < -0.3 is 5.73 Å². The zero-order chi connectivity index (χ0) is 14.0. The van der Waals surface area contributed by atoms with Crippen LogP contribution in [-0.2, 0) is 12.0 Å². The molecule has 0 aliphatic rings. The molecule has 1 nitrogen and oxygen atoms in total. The van der Waals surface area contributed by atoms with E-state index in [-0.39, 0.29) is 11.6 Å². The number of benzene rings is 2. The van der Waals surface area contributed by atoms with Crippen LogP contribution in [0.15, 0.2) is 46.9 Å². The molecule has 19 heavy (non-hydrogen) atoms. The van der Waals surface area contributed by atoms with Gasteiger partial charge in [-0.15, -0.1) is 0 Å². The summed E-state index contributed by atoms with van der Waals surface area (Å²) < 4.78 is 26.8. The molecule has 0 aliphatic heterocycles. The lowest BCUT2D eigenvalue weighted by atomic mass is 9.86. The van der Waals surface area contributed by atoms with Gasteiger partial charge in [0.1, 0.15) is 11.6 Å². The molecule has 2 N–H and O–H groups in total. The van der Waals surface area contributed by atoms with E-state index in [1.807, 2.05) is 13.0 Å². The summed E-state index contributed by atoms with van der Waals surface area (Å²) in [5, 5.41) is 0. The van der Waals surface area contributed by atoms with Crippen molar-refractivity contribution in [3.05, 3.63) is 69.7 Å². The van der Waals surface area contributed by atoms with E-state index in [4.69, 9.17) is 5.73 Å². The topological polar surface area (TPSA) is 26.0 Å². The molecular formula is C15H14BrF2N. The van der Waals surface area contributed by atoms with Crippen molar-refractivity contribution in [2.24, 2.45) is 5.73 Å². The van der Waals surface area contributed by atoms with Gasteiger partial charge in [-0.3, -0.25) is 0 Å². The minimum atomic E-state index is -0.690. The molecular weight excluding hydrogens is 312 g/mol. The van der Waals surface area contributed by atoms with E-state index in [9.17, 15) is 8.78 Å². The Labute approximate surface area is 119 Å². The number of halogens is 3. The Morgan fingerprint density at radius 1 is 1.11 bits per heavy atom. The van der Waals surface area contributed by atoms with Gasteiger partial charge in [0.25, 0.3) is 0 Å². The molecule has 0 aromatic heterocycles. The van der Waals surface area contributed by atoms with Crippen molar-refractivity contribution < 1.29 is 8.78 Å². The Kier molecular flexibility index (Phi) is 4.02. The standard InChI is InChI=1S/C15H14BrF2N/c1-15(19,11-5-7-12(17)8-6-11)9-10-3-2-4-13(18)14(10)16/h2-8H,9,19H2,1H3. The average molecular weight is 326 g/mol. The summed E-state index contributed by atoms with van der Waals surface area (Å²) in [6.45, 7) is 1.84. The summed E-state index contributed by atoms with van der Waals surface area (Å²) in [6, 6.07) is 10.9. The molecule has 4 heteroatoms. The summed E-state index contributed by atoms with van der Waals surface area (Å²) in [5.74, 6) is -0.612. The Morgan fingerprint density at radius 2 is 1.74 bits per heavy atom. The first-order chi connectivity index (χ1) is 8.90. The fourth-order valence-corrected chi connectivity index (χ4v) is 2.42. The second-order valence-corrected chi connectivity index (χ2v) is 5.61. The van der Waals surface area contributed by atoms with Crippen LogP contribution >= 0.6 is 15.9 Å². The predicted octanol–water partition coefficient (Wildman–Crippen LogP) is 4.14. The van der Waals surface area contributed by atoms with Crippen molar-refractivity contribution in [2.45, 2.75) is 18.9 Å². The minimum absolute atomic E-state index is 0.300. The number of nitrogens with two attached hydrogens (primary N) is 1. The molecule has 1 atom stereocenters. The summed E-state index contributed by atoms with van der Waals surface area (Å²) >= 11 is 3.23. The molecule has 0 radical (unpaired) electrons. The van der Waals surface area contributed by atoms with Crippen LogP contribution in [0, 0.1) is 11.6 Å². The third kappa shape index (κ3) is 3.19. The lowest BCUT2D eigenvalue weighted by Gasteiger charge is -2.26. The SMILES string of the molecule is CC(N)(Cc1cccc(F)c1Br)c1ccc(F)cc1. The fourth-order valence-electron chi connectivity index (χ4n) is 2.01. The molecule has 0 amide bonds. The third-order valence-corrected chi connectivity index (χ3v) is 3.98. The highest BCUT2D eigenvalue weighted by Gasteiger charge is 2.23. The summed E-state index contributed by atoms with van der Waals surface area (Å²) in [4.78, 5) is 0. The van der Waals surface area contributed by atoms with Gasteiger partial charge in [-0.05, 0) is 58.6 Å². The fraction of sp³-hybridized carbons (Fsp3) is 0.200. The van der Waals surface area contributed by atoms with Crippen molar-refractivity contribution in [1.82, 2.24) is 0 Å². The van der Waals surface area contributed by atoms with E-state index < -0.39 is 5.54 Å².